The molecular formula is C25H26ClN5O4S. The van der Waals surface area contributed by atoms with Crippen LogP contribution >= 0.6 is 22.9 Å². The van der Waals surface area contributed by atoms with Crippen molar-refractivity contribution in [3.63, 3.8) is 0 Å². The Balaban J connectivity index is 1.32. The van der Waals surface area contributed by atoms with Gasteiger partial charge in [-0.25, -0.2) is 9.97 Å². The lowest BCUT2D eigenvalue weighted by Crippen LogP contribution is -2.46. The fraction of sp³-hybridized carbons (Fsp3) is 0.400. The number of carbonyl (C=O) groups is 2. The number of pyridine rings is 2. The molecular weight excluding hydrogens is 502 g/mol. The Morgan fingerprint density at radius 1 is 1.19 bits per heavy atom. The number of aromatic nitrogens is 3. The van der Waals surface area contributed by atoms with E-state index in [1.807, 2.05) is 13.0 Å². The third kappa shape index (κ3) is 5.07. The van der Waals surface area contributed by atoms with Gasteiger partial charge in [-0.2, -0.15) is 0 Å². The molecule has 3 aromatic heterocycles. The Hall–Kier alpha value is -3.08. The molecule has 0 radical (unpaired) electrons. The number of nitrogens with zero attached hydrogens (tertiary/aromatic N) is 3. The molecule has 0 aliphatic heterocycles. The van der Waals surface area contributed by atoms with Gasteiger partial charge in [-0.15, -0.1) is 11.3 Å². The van der Waals surface area contributed by atoms with E-state index in [2.05, 4.69) is 25.6 Å². The molecule has 0 aromatic carbocycles. The molecule has 1 atom stereocenters. The quantitative estimate of drug-likeness (QED) is 0.418. The zero-order valence-electron chi connectivity index (χ0n) is 19.9. The molecule has 0 saturated heterocycles. The maximum absolute atomic E-state index is 13.3. The number of thiazole rings is 1. The Morgan fingerprint density at radius 3 is 2.75 bits per heavy atom. The van der Waals surface area contributed by atoms with E-state index in [-0.39, 0.29) is 35.0 Å². The van der Waals surface area contributed by atoms with Gasteiger partial charge in [-0.1, -0.05) is 11.6 Å². The molecule has 3 N–H and O–H groups in total. The molecule has 5 rings (SSSR count). The lowest BCUT2D eigenvalue weighted by molar-refractivity contribution is -0.132. The number of methoxy groups -OCH3 is 1. The van der Waals surface area contributed by atoms with Crippen LogP contribution < -0.4 is 15.4 Å². The summed E-state index contributed by atoms with van der Waals surface area (Å²) in [5, 5.41) is 16.3. The number of amides is 2. The van der Waals surface area contributed by atoms with Crippen LogP contribution in [0.1, 0.15) is 45.9 Å². The van der Waals surface area contributed by atoms with Gasteiger partial charge in [-0.05, 0) is 44.7 Å². The fourth-order valence-corrected chi connectivity index (χ4v) is 5.83. The molecule has 188 valence electrons. The van der Waals surface area contributed by atoms with Gasteiger partial charge in [0.15, 0.2) is 5.13 Å². The zero-order chi connectivity index (χ0) is 25.4. The van der Waals surface area contributed by atoms with E-state index in [0.717, 1.165) is 29.1 Å². The summed E-state index contributed by atoms with van der Waals surface area (Å²) in [4.78, 5) is 39.8. The van der Waals surface area contributed by atoms with Crippen LogP contribution in [-0.4, -0.2) is 51.1 Å². The summed E-state index contributed by atoms with van der Waals surface area (Å²) in [6.07, 6.45) is 5.96. The second-order valence-electron chi connectivity index (χ2n) is 9.19. The third-order valence-electron chi connectivity index (χ3n) is 6.62. The topological polar surface area (TPSA) is 126 Å². The van der Waals surface area contributed by atoms with E-state index in [9.17, 15) is 14.7 Å². The Bertz CT molecular complexity index is 1320. The lowest BCUT2D eigenvalue weighted by Gasteiger charge is -2.32. The minimum absolute atomic E-state index is 0.0119. The number of hydrogen-bond acceptors (Lipinski definition) is 8. The number of ether oxygens (including phenoxy) is 1. The van der Waals surface area contributed by atoms with Crippen molar-refractivity contribution in [2.75, 3.05) is 12.4 Å². The van der Waals surface area contributed by atoms with Gasteiger partial charge in [0.2, 0.25) is 5.91 Å². The van der Waals surface area contributed by atoms with E-state index in [0.29, 0.717) is 46.8 Å². The van der Waals surface area contributed by atoms with Crippen molar-refractivity contribution >= 4 is 39.9 Å². The van der Waals surface area contributed by atoms with Crippen LogP contribution in [0.5, 0.6) is 5.75 Å². The van der Waals surface area contributed by atoms with E-state index >= 15 is 0 Å². The molecule has 0 unspecified atom stereocenters. The fourth-order valence-electron chi connectivity index (χ4n) is 4.59. The van der Waals surface area contributed by atoms with E-state index < -0.39 is 0 Å². The zero-order valence-corrected chi connectivity index (χ0v) is 21.4. The monoisotopic (exact) mass is 527 g/mol. The molecule has 1 fully saturated rings. The molecule has 0 bridgehead atoms. The van der Waals surface area contributed by atoms with Gasteiger partial charge < -0.3 is 15.2 Å². The van der Waals surface area contributed by atoms with E-state index in [4.69, 9.17) is 16.3 Å². The Labute approximate surface area is 217 Å². The molecule has 9 nitrogen and oxygen atoms in total. The molecule has 3 heterocycles. The number of fused-ring (bicyclic) bond motifs is 1. The smallest absolute Gasteiger partial charge is 0.259 e. The minimum Gasteiger partial charge on any atom is -0.494 e. The summed E-state index contributed by atoms with van der Waals surface area (Å²) >= 11 is 7.56. The van der Waals surface area contributed by atoms with Crippen molar-refractivity contribution < 1.29 is 19.4 Å². The molecule has 2 aliphatic rings. The standard InChI is InChI=1S/C25H26ClN5O4S/c1-12-5-16(17-9-22(26)28-11-20(17)35-2)18(10-27-12)24(34)31-25-30-19-4-3-14(8-21(19)36-25)29-23(33)13-6-15(32)7-13/h5,9-11,13-15,32H,3-4,6-8H2,1-2H3,(H,29,33)(H,30,31,34)/t13?,14-,15?/m0/s1. The first-order valence-electron chi connectivity index (χ1n) is 11.8. The molecule has 2 amide bonds. The number of carbonyl (C=O) groups excluding carboxylic acids is 2. The maximum Gasteiger partial charge on any atom is 0.259 e. The number of halogens is 1. The second kappa shape index (κ2) is 10.1. The number of aryl methyl sites for hydroxylation is 2. The summed E-state index contributed by atoms with van der Waals surface area (Å²) in [6, 6.07) is 3.50. The maximum atomic E-state index is 13.3. The molecule has 36 heavy (non-hydrogen) atoms. The highest BCUT2D eigenvalue weighted by Crippen LogP contribution is 2.35. The summed E-state index contributed by atoms with van der Waals surface area (Å²) in [5.74, 6) is 0.0713. The van der Waals surface area contributed by atoms with Crippen LogP contribution in [0.25, 0.3) is 11.1 Å². The number of aliphatic hydroxyl groups excluding tert-OH is 1. The number of aliphatic hydroxyl groups is 1. The third-order valence-corrected chi connectivity index (χ3v) is 7.86. The Morgan fingerprint density at radius 2 is 2.00 bits per heavy atom. The first kappa shape index (κ1) is 24.6. The van der Waals surface area contributed by atoms with Crippen LogP contribution in [0.2, 0.25) is 5.15 Å². The van der Waals surface area contributed by atoms with Crippen LogP contribution in [0.4, 0.5) is 5.13 Å². The van der Waals surface area contributed by atoms with Crippen LogP contribution in [0.3, 0.4) is 0 Å². The average Bonchev–Trinajstić information content (AvgIpc) is 3.23. The predicted molar refractivity (Wildman–Crippen MR) is 137 cm³/mol. The second-order valence-corrected chi connectivity index (χ2v) is 10.7. The first-order valence-corrected chi connectivity index (χ1v) is 12.9. The van der Waals surface area contributed by atoms with E-state index in [1.165, 1.54) is 30.8 Å². The minimum atomic E-state index is -0.354. The highest BCUT2D eigenvalue weighted by molar-refractivity contribution is 7.15. The van der Waals surface area contributed by atoms with Gasteiger partial charge in [0.1, 0.15) is 10.9 Å². The van der Waals surface area contributed by atoms with Crippen molar-refractivity contribution in [1.29, 1.82) is 0 Å². The molecule has 1 saturated carbocycles. The van der Waals surface area contributed by atoms with Crippen molar-refractivity contribution in [3.8, 4) is 16.9 Å². The largest absolute Gasteiger partial charge is 0.494 e. The number of rotatable bonds is 6. The summed E-state index contributed by atoms with van der Waals surface area (Å²) < 4.78 is 5.45. The van der Waals surface area contributed by atoms with Gasteiger partial charge in [0.05, 0.1) is 30.7 Å². The number of hydrogen-bond donors (Lipinski definition) is 3. The Kier molecular flexibility index (Phi) is 6.92. The van der Waals surface area contributed by atoms with Gasteiger partial charge in [0, 0.05) is 46.3 Å². The van der Waals surface area contributed by atoms with Crippen molar-refractivity contribution in [2.24, 2.45) is 5.92 Å². The molecule has 11 heteroatoms. The highest BCUT2D eigenvalue weighted by atomic mass is 35.5. The van der Waals surface area contributed by atoms with Crippen molar-refractivity contribution in [2.45, 2.75) is 51.2 Å². The normalized spacial score (nSPS) is 20.7. The number of nitrogens with one attached hydrogen (secondary N) is 2. The summed E-state index contributed by atoms with van der Waals surface area (Å²) in [7, 11) is 1.54. The lowest BCUT2D eigenvalue weighted by atomic mass is 9.81. The van der Waals surface area contributed by atoms with Crippen molar-refractivity contribution in [1.82, 2.24) is 20.3 Å². The van der Waals surface area contributed by atoms with Gasteiger partial charge in [0.25, 0.3) is 5.91 Å². The van der Waals surface area contributed by atoms with Gasteiger partial charge >= 0.3 is 0 Å². The van der Waals surface area contributed by atoms with Gasteiger partial charge in [-0.3, -0.25) is 19.9 Å². The van der Waals surface area contributed by atoms with E-state index in [1.54, 1.807) is 6.07 Å². The predicted octanol–water partition coefficient (Wildman–Crippen LogP) is 3.57. The average molecular weight is 528 g/mol. The van der Waals surface area contributed by atoms with Crippen LogP contribution in [-0.2, 0) is 17.6 Å². The summed E-state index contributed by atoms with van der Waals surface area (Å²) in [6.45, 7) is 1.84. The first-order chi connectivity index (χ1) is 17.3. The highest BCUT2D eigenvalue weighted by Gasteiger charge is 2.35. The molecule has 0 spiro atoms. The van der Waals surface area contributed by atoms with Crippen molar-refractivity contribution in [3.05, 3.63) is 51.5 Å². The summed E-state index contributed by atoms with van der Waals surface area (Å²) in [5.41, 5.74) is 3.33. The number of anilines is 1. The van der Waals surface area contributed by atoms with Crippen LogP contribution in [0.15, 0.2) is 24.5 Å². The molecule has 2 aliphatic carbocycles. The van der Waals surface area contributed by atoms with Crippen LogP contribution in [0, 0.1) is 12.8 Å². The molecule has 3 aromatic rings. The SMILES string of the molecule is COc1cnc(Cl)cc1-c1cc(C)ncc1C(=O)Nc1nc2c(s1)C[C@@H](NC(=O)C1CC(O)C1)CC2.